The Balaban J connectivity index is 0.00000210. The molecule has 2 N–H and O–H groups in total. The van der Waals surface area contributed by atoms with E-state index in [0.717, 1.165) is 31.7 Å². The van der Waals surface area contributed by atoms with Gasteiger partial charge in [0.25, 0.3) is 0 Å². The second-order valence-electron chi connectivity index (χ2n) is 9.21. The highest BCUT2D eigenvalue weighted by molar-refractivity contribution is 14.0. The average Bonchev–Trinajstić information content (AvgIpc) is 3.30. The van der Waals surface area contributed by atoms with Crippen LogP contribution in [0.5, 0.6) is 0 Å². The standard InChI is InChI=1S/C20H36N4O2.HI/c1-20(2)17(16-7-11-26-18(16)20)23-19(21-3)22-15-4-8-24(9-5-15)12-14-6-10-25-13-14;/h14-18H,4-13H2,1-3H3,(H2,21,22,23);1H. The Hall–Kier alpha value is -0.120. The van der Waals surface area contributed by atoms with Gasteiger partial charge >= 0.3 is 0 Å². The topological polar surface area (TPSA) is 58.1 Å². The van der Waals surface area contributed by atoms with E-state index >= 15 is 0 Å². The molecule has 4 atom stereocenters. The first kappa shape index (κ1) is 21.6. The zero-order valence-electron chi connectivity index (χ0n) is 17.1. The van der Waals surface area contributed by atoms with E-state index in [2.05, 4.69) is 34.4 Å². The quantitative estimate of drug-likeness (QED) is 0.358. The minimum atomic E-state index is 0. The molecule has 0 spiro atoms. The SMILES string of the molecule is CN=C(NC1CCN(CC2CCOC2)CC1)NC1C2CCOC2C1(C)C.I. The lowest BCUT2D eigenvalue weighted by Crippen LogP contribution is -2.68. The molecule has 0 radical (unpaired) electrons. The first-order chi connectivity index (χ1) is 12.6. The molecule has 0 bridgehead atoms. The molecular formula is C20H37IN4O2. The predicted molar refractivity (Wildman–Crippen MR) is 119 cm³/mol. The number of fused-ring (bicyclic) bond motifs is 1. The number of aliphatic imine (C=N–C) groups is 1. The van der Waals surface area contributed by atoms with Crippen LogP contribution in [-0.2, 0) is 9.47 Å². The van der Waals surface area contributed by atoms with Gasteiger partial charge in [-0.15, -0.1) is 24.0 Å². The molecule has 3 heterocycles. The maximum Gasteiger partial charge on any atom is 0.191 e. The summed E-state index contributed by atoms with van der Waals surface area (Å²) >= 11 is 0. The van der Waals surface area contributed by atoms with Crippen molar-refractivity contribution in [2.45, 2.75) is 57.7 Å². The van der Waals surface area contributed by atoms with E-state index in [1.165, 1.54) is 45.3 Å². The number of hydrogen-bond acceptors (Lipinski definition) is 4. The van der Waals surface area contributed by atoms with Crippen molar-refractivity contribution in [3.8, 4) is 0 Å². The Morgan fingerprint density at radius 2 is 1.89 bits per heavy atom. The molecule has 1 saturated carbocycles. The Bertz CT molecular complexity index is 516. The van der Waals surface area contributed by atoms with E-state index in [-0.39, 0.29) is 29.4 Å². The maximum atomic E-state index is 5.91. The lowest BCUT2D eigenvalue weighted by atomic mass is 9.57. The van der Waals surface area contributed by atoms with Crippen LogP contribution in [0.25, 0.3) is 0 Å². The summed E-state index contributed by atoms with van der Waals surface area (Å²) in [5.41, 5.74) is 0.186. The molecule has 4 aliphatic rings. The molecule has 4 unspecified atom stereocenters. The van der Waals surface area contributed by atoms with Gasteiger partial charge in [0, 0.05) is 63.3 Å². The van der Waals surface area contributed by atoms with Crippen LogP contribution in [-0.4, -0.2) is 75.5 Å². The van der Waals surface area contributed by atoms with Crippen molar-refractivity contribution < 1.29 is 9.47 Å². The molecule has 156 valence electrons. The maximum absolute atomic E-state index is 5.91. The minimum Gasteiger partial charge on any atom is -0.381 e. The zero-order valence-corrected chi connectivity index (χ0v) is 19.4. The molecule has 3 aliphatic heterocycles. The largest absolute Gasteiger partial charge is 0.381 e. The van der Waals surface area contributed by atoms with Gasteiger partial charge in [0.2, 0.25) is 0 Å². The van der Waals surface area contributed by atoms with Crippen molar-refractivity contribution in [2.75, 3.05) is 46.5 Å². The van der Waals surface area contributed by atoms with Crippen LogP contribution in [0, 0.1) is 17.3 Å². The summed E-state index contributed by atoms with van der Waals surface area (Å²) in [6.45, 7) is 11.0. The fourth-order valence-electron chi connectivity index (χ4n) is 5.48. The third-order valence-electron chi connectivity index (χ3n) is 7.09. The monoisotopic (exact) mass is 492 g/mol. The van der Waals surface area contributed by atoms with Crippen molar-refractivity contribution in [3.63, 3.8) is 0 Å². The first-order valence-corrected chi connectivity index (χ1v) is 10.5. The number of hydrogen-bond donors (Lipinski definition) is 2. The first-order valence-electron chi connectivity index (χ1n) is 10.5. The third kappa shape index (κ3) is 4.56. The summed E-state index contributed by atoms with van der Waals surface area (Å²) < 4.78 is 11.4. The van der Waals surface area contributed by atoms with Crippen LogP contribution in [0.15, 0.2) is 4.99 Å². The van der Waals surface area contributed by atoms with Gasteiger partial charge in [-0.3, -0.25) is 4.99 Å². The Morgan fingerprint density at radius 3 is 2.56 bits per heavy atom. The van der Waals surface area contributed by atoms with Gasteiger partial charge < -0.3 is 25.0 Å². The van der Waals surface area contributed by atoms with Crippen LogP contribution in [0.1, 0.15) is 39.5 Å². The smallest absolute Gasteiger partial charge is 0.191 e. The van der Waals surface area contributed by atoms with Gasteiger partial charge in [-0.2, -0.15) is 0 Å². The van der Waals surface area contributed by atoms with Crippen LogP contribution in [0.2, 0.25) is 0 Å². The van der Waals surface area contributed by atoms with Crippen LogP contribution < -0.4 is 10.6 Å². The van der Waals surface area contributed by atoms with Gasteiger partial charge in [0.1, 0.15) is 0 Å². The van der Waals surface area contributed by atoms with Crippen LogP contribution >= 0.6 is 24.0 Å². The second kappa shape index (κ2) is 9.13. The molecule has 0 aromatic carbocycles. The number of halogens is 1. The number of rotatable bonds is 4. The summed E-state index contributed by atoms with van der Waals surface area (Å²) in [5.74, 6) is 2.35. The number of nitrogens with one attached hydrogen (secondary N) is 2. The van der Waals surface area contributed by atoms with Crippen molar-refractivity contribution >= 4 is 29.9 Å². The number of piperidine rings is 1. The summed E-state index contributed by atoms with van der Waals surface area (Å²) in [7, 11) is 1.89. The van der Waals surface area contributed by atoms with Gasteiger partial charge in [-0.05, 0) is 31.6 Å². The average molecular weight is 492 g/mol. The molecule has 4 fully saturated rings. The lowest BCUT2D eigenvalue weighted by molar-refractivity contribution is -0.106. The van der Waals surface area contributed by atoms with Crippen molar-refractivity contribution in [1.29, 1.82) is 0 Å². The molecule has 1 aliphatic carbocycles. The summed E-state index contributed by atoms with van der Waals surface area (Å²) in [6, 6.07) is 0.986. The fraction of sp³-hybridized carbons (Fsp3) is 0.950. The third-order valence-corrected chi connectivity index (χ3v) is 7.09. The van der Waals surface area contributed by atoms with E-state index in [1.807, 2.05) is 7.05 Å². The van der Waals surface area contributed by atoms with E-state index in [4.69, 9.17) is 9.47 Å². The Labute approximate surface area is 181 Å². The van der Waals surface area contributed by atoms with Gasteiger partial charge in [-0.1, -0.05) is 13.8 Å². The molecule has 0 amide bonds. The number of ether oxygens (including phenoxy) is 2. The van der Waals surface area contributed by atoms with Gasteiger partial charge in [0.05, 0.1) is 12.7 Å². The van der Waals surface area contributed by atoms with Crippen molar-refractivity contribution in [1.82, 2.24) is 15.5 Å². The molecule has 7 heteroatoms. The molecule has 27 heavy (non-hydrogen) atoms. The molecule has 4 rings (SSSR count). The lowest BCUT2D eigenvalue weighted by Gasteiger charge is -2.55. The predicted octanol–water partition coefficient (Wildman–Crippen LogP) is 2.08. The summed E-state index contributed by atoms with van der Waals surface area (Å²) in [5, 5.41) is 7.39. The molecule has 6 nitrogen and oxygen atoms in total. The number of likely N-dealkylation sites (tertiary alicyclic amines) is 1. The van der Waals surface area contributed by atoms with Gasteiger partial charge in [-0.25, -0.2) is 0 Å². The molecule has 0 aromatic heterocycles. The van der Waals surface area contributed by atoms with Crippen molar-refractivity contribution in [3.05, 3.63) is 0 Å². The highest BCUT2D eigenvalue weighted by Crippen LogP contribution is 2.52. The fourth-order valence-corrected chi connectivity index (χ4v) is 5.48. The highest BCUT2D eigenvalue weighted by atomic mass is 127. The summed E-state index contributed by atoms with van der Waals surface area (Å²) in [4.78, 5) is 7.12. The molecular weight excluding hydrogens is 455 g/mol. The van der Waals surface area contributed by atoms with E-state index in [1.54, 1.807) is 0 Å². The van der Waals surface area contributed by atoms with Crippen molar-refractivity contribution in [2.24, 2.45) is 22.2 Å². The number of guanidine groups is 1. The minimum absolute atomic E-state index is 0. The Morgan fingerprint density at radius 1 is 1.11 bits per heavy atom. The van der Waals surface area contributed by atoms with Crippen LogP contribution in [0.4, 0.5) is 0 Å². The number of nitrogens with zero attached hydrogens (tertiary/aromatic N) is 2. The van der Waals surface area contributed by atoms with E-state index in [9.17, 15) is 0 Å². The Kier molecular flexibility index (Phi) is 7.30. The second-order valence-corrected chi connectivity index (χ2v) is 9.21. The van der Waals surface area contributed by atoms with E-state index < -0.39 is 0 Å². The van der Waals surface area contributed by atoms with E-state index in [0.29, 0.717) is 24.1 Å². The normalized spacial score (nSPS) is 36.6. The van der Waals surface area contributed by atoms with Gasteiger partial charge in [0.15, 0.2) is 5.96 Å². The zero-order chi connectivity index (χ0) is 18.1. The summed E-state index contributed by atoms with van der Waals surface area (Å²) in [6.07, 6.45) is 5.21. The van der Waals surface area contributed by atoms with Crippen LogP contribution in [0.3, 0.4) is 0 Å². The highest BCUT2D eigenvalue weighted by Gasteiger charge is 2.59. The molecule has 0 aromatic rings. The molecule has 3 saturated heterocycles.